The minimum atomic E-state index is -0.0552. The molecule has 0 aliphatic heterocycles. The van der Waals surface area contributed by atoms with Gasteiger partial charge in [0.15, 0.2) is 0 Å². The van der Waals surface area contributed by atoms with Crippen LogP contribution >= 0.6 is 22.9 Å². The quantitative estimate of drug-likeness (QED) is 0.788. The number of aromatic nitrogens is 2. The molecule has 1 atom stereocenters. The molecule has 3 aromatic rings. The monoisotopic (exact) mass is 315 g/mol. The van der Waals surface area contributed by atoms with Gasteiger partial charge in [0.05, 0.1) is 10.7 Å². The van der Waals surface area contributed by atoms with E-state index in [4.69, 9.17) is 17.3 Å². The van der Waals surface area contributed by atoms with E-state index in [0.29, 0.717) is 11.4 Å². The fraction of sp³-hybridized carbons (Fsp3) is 0.125. The molecule has 2 aromatic heterocycles. The van der Waals surface area contributed by atoms with Crippen molar-refractivity contribution in [1.82, 2.24) is 9.97 Å². The van der Waals surface area contributed by atoms with Crippen molar-refractivity contribution in [3.63, 3.8) is 0 Å². The van der Waals surface area contributed by atoms with Gasteiger partial charge in [-0.25, -0.2) is 4.98 Å². The van der Waals surface area contributed by atoms with E-state index in [-0.39, 0.29) is 6.04 Å². The maximum Gasteiger partial charge on any atom is 0.143 e. The predicted molar refractivity (Wildman–Crippen MR) is 87.4 cm³/mol. The van der Waals surface area contributed by atoms with E-state index in [1.54, 1.807) is 17.5 Å². The molecule has 5 heteroatoms. The summed E-state index contributed by atoms with van der Waals surface area (Å²) in [6.45, 7) is 0. The number of halogens is 1. The maximum atomic E-state index is 6.23. The second-order valence-corrected chi connectivity index (χ2v) is 5.96. The van der Waals surface area contributed by atoms with Crippen LogP contribution < -0.4 is 5.73 Å². The third-order valence-electron chi connectivity index (χ3n) is 3.17. The van der Waals surface area contributed by atoms with Crippen LogP contribution in [0.1, 0.15) is 17.3 Å². The Hall–Kier alpha value is -1.75. The number of benzene rings is 1. The lowest BCUT2D eigenvalue weighted by molar-refractivity contribution is 0.710. The Kier molecular flexibility index (Phi) is 4.29. The zero-order chi connectivity index (χ0) is 14.7. The van der Waals surface area contributed by atoms with Crippen LogP contribution in [-0.4, -0.2) is 9.97 Å². The molecule has 0 bridgehead atoms. The molecule has 3 nitrogen and oxygen atoms in total. The third-order valence-corrected chi connectivity index (χ3v) is 4.37. The van der Waals surface area contributed by atoms with Crippen molar-refractivity contribution in [1.29, 1.82) is 0 Å². The average Bonchev–Trinajstić information content (AvgIpc) is 2.97. The van der Waals surface area contributed by atoms with Crippen molar-refractivity contribution < 1.29 is 0 Å². The van der Waals surface area contributed by atoms with Crippen LogP contribution in [0, 0.1) is 0 Å². The van der Waals surface area contributed by atoms with E-state index in [2.05, 4.69) is 9.97 Å². The fourth-order valence-corrected chi connectivity index (χ4v) is 3.20. The van der Waals surface area contributed by atoms with Gasteiger partial charge in [-0.1, -0.05) is 41.9 Å². The Morgan fingerprint density at radius 3 is 2.71 bits per heavy atom. The molecule has 0 radical (unpaired) electrons. The molecule has 0 aliphatic rings. The number of nitrogens with two attached hydrogens (primary N) is 1. The Bertz CT molecular complexity index is 727. The van der Waals surface area contributed by atoms with Crippen molar-refractivity contribution in [3.8, 4) is 10.7 Å². The van der Waals surface area contributed by atoms with Gasteiger partial charge in [0.1, 0.15) is 10.7 Å². The van der Waals surface area contributed by atoms with E-state index in [9.17, 15) is 0 Å². The minimum Gasteiger partial charge on any atom is -0.324 e. The van der Waals surface area contributed by atoms with Crippen LogP contribution in [0.4, 0.5) is 0 Å². The van der Waals surface area contributed by atoms with E-state index < -0.39 is 0 Å². The zero-order valence-corrected chi connectivity index (χ0v) is 12.8. The molecular formula is C16H14ClN3S. The number of thiazole rings is 1. The van der Waals surface area contributed by atoms with Gasteiger partial charge in [-0.15, -0.1) is 11.3 Å². The molecule has 1 aromatic carbocycles. The highest BCUT2D eigenvalue weighted by molar-refractivity contribution is 7.13. The molecular weight excluding hydrogens is 302 g/mol. The number of hydrogen-bond acceptors (Lipinski definition) is 4. The topological polar surface area (TPSA) is 51.8 Å². The summed E-state index contributed by atoms with van der Waals surface area (Å²) >= 11 is 7.69. The Morgan fingerprint density at radius 2 is 1.95 bits per heavy atom. The molecule has 2 heterocycles. The number of hydrogen-bond donors (Lipinski definition) is 1. The van der Waals surface area contributed by atoms with Gasteiger partial charge in [0.25, 0.3) is 0 Å². The summed E-state index contributed by atoms with van der Waals surface area (Å²) < 4.78 is 0. The average molecular weight is 316 g/mol. The van der Waals surface area contributed by atoms with Crippen molar-refractivity contribution in [3.05, 3.63) is 70.3 Å². The van der Waals surface area contributed by atoms with Crippen LogP contribution in [-0.2, 0) is 6.42 Å². The van der Waals surface area contributed by atoms with Crippen molar-refractivity contribution >= 4 is 22.9 Å². The molecule has 0 spiro atoms. The van der Waals surface area contributed by atoms with Crippen LogP contribution in [0.5, 0.6) is 0 Å². The minimum absolute atomic E-state index is 0.0552. The Balaban J connectivity index is 1.78. The summed E-state index contributed by atoms with van der Waals surface area (Å²) in [6.07, 6.45) is 2.42. The largest absolute Gasteiger partial charge is 0.324 e. The molecule has 21 heavy (non-hydrogen) atoms. The van der Waals surface area contributed by atoms with E-state index in [0.717, 1.165) is 22.0 Å². The number of pyridine rings is 1. The van der Waals surface area contributed by atoms with Gasteiger partial charge < -0.3 is 5.73 Å². The summed E-state index contributed by atoms with van der Waals surface area (Å²) in [7, 11) is 0. The molecule has 0 saturated carbocycles. The summed E-state index contributed by atoms with van der Waals surface area (Å²) in [5.41, 5.74) is 9.03. The van der Waals surface area contributed by atoms with Gasteiger partial charge in [-0.2, -0.15) is 0 Å². The first-order valence-electron chi connectivity index (χ1n) is 6.60. The van der Waals surface area contributed by atoms with Gasteiger partial charge in [-0.3, -0.25) is 4.98 Å². The van der Waals surface area contributed by atoms with Crippen molar-refractivity contribution in [2.45, 2.75) is 12.5 Å². The van der Waals surface area contributed by atoms with Crippen LogP contribution in [0.25, 0.3) is 10.7 Å². The smallest absolute Gasteiger partial charge is 0.143 e. The number of nitrogens with zero attached hydrogens (tertiary/aromatic N) is 2. The van der Waals surface area contributed by atoms with Gasteiger partial charge >= 0.3 is 0 Å². The Morgan fingerprint density at radius 1 is 1.14 bits per heavy atom. The molecule has 1 unspecified atom stereocenters. The van der Waals surface area contributed by atoms with E-state index in [1.807, 2.05) is 47.8 Å². The predicted octanol–water partition coefficient (Wildman–Crippen LogP) is 4.10. The molecule has 106 valence electrons. The molecule has 0 aliphatic carbocycles. The lowest BCUT2D eigenvalue weighted by Gasteiger charge is -2.09. The van der Waals surface area contributed by atoms with Gasteiger partial charge in [0.2, 0.25) is 0 Å². The molecule has 3 rings (SSSR count). The fourth-order valence-electron chi connectivity index (χ4n) is 2.10. The van der Waals surface area contributed by atoms with E-state index in [1.165, 1.54) is 0 Å². The highest BCUT2D eigenvalue weighted by Gasteiger charge is 2.12. The second-order valence-electron chi connectivity index (χ2n) is 4.70. The number of rotatable bonds is 4. The SMILES string of the molecule is NC(Cc1csc(-c2ncccc2Cl)n1)c1ccccc1. The van der Waals surface area contributed by atoms with Crippen LogP contribution in [0.3, 0.4) is 0 Å². The van der Waals surface area contributed by atoms with Crippen molar-refractivity contribution in [2.75, 3.05) is 0 Å². The van der Waals surface area contributed by atoms with Crippen LogP contribution in [0.15, 0.2) is 54.0 Å². The zero-order valence-electron chi connectivity index (χ0n) is 11.2. The lowest BCUT2D eigenvalue weighted by atomic mass is 10.0. The highest BCUT2D eigenvalue weighted by Crippen LogP contribution is 2.29. The molecule has 0 amide bonds. The lowest BCUT2D eigenvalue weighted by Crippen LogP contribution is -2.13. The summed E-state index contributed by atoms with van der Waals surface area (Å²) in [5.74, 6) is 0. The Labute approximate surface area is 132 Å². The molecule has 0 saturated heterocycles. The highest BCUT2D eigenvalue weighted by atomic mass is 35.5. The van der Waals surface area contributed by atoms with E-state index >= 15 is 0 Å². The first-order valence-corrected chi connectivity index (χ1v) is 7.85. The maximum absolute atomic E-state index is 6.23. The first-order chi connectivity index (χ1) is 10.2. The molecule has 2 N–H and O–H groups in total. The van der Waals surface area contributed by atoms with Crippen LogP contribution in [0.2, 0.25) is 5.02 Å². The van der Waals surface area contributed by atoms with Crippen molar-refractivity contribution in [2.24, 2.45) is 5.73 Å². The summed E-state index contributed by atoms with van der Waals surface area (Å²) in [4.78, 5) is 8.88. The standard InChI is InChI=1S/C16H14ClN3S/c17-13-7-4-8-19-15(13)16-20-12(10-21-16)9-14(18)11-5-2-1-3-6-11/h1-8,10,14H,9,18H2. The summed E-state index contributed by atoms with van der Waals surface area (Å²) in [6, 6.07) is 13.6. The first kappa shape index (κ1) is 14.2. The third kappa shape index (κ3) is 3.29. The normalized spacial score (nSPS) is 12.3. The summed E-state index contributed by atoms with van der Waals surface area (Å²) in [5, 5.41) is 3.46. The second kappa shape index (κ2) is 6.35. The van der Waals surface area contributed by atoms with Gasteiger partial charge in [0, 0.05) is 24.0 Å². The molecule has 0 fully saturated rings. The van der Waals surface area contributed by atoms with Gasteiger partial charge in [-0.05, 0) is 17.7 Å².